The summed E-state index contributed by atoms with van der Waals surface area (Å²) in [6.45, 7) is 3.88. The highest BCUT2D eigenvalue weighted by molar-refractivity contribution is 5.95. The quantitative estimate of drug-likeness (QED) is 0.742. The first-order valence-electron chi connectivity index (χ1n) is 6.69. The molecule has 5 nitrogen and oxygen atoms in total. The van der Waals surface area contributed by atoms with Crippen LogP contribution in [0.15, 0.2) is 35.9 Å². The van der Waals surface area contributed by atoms with Crippen LogP contribution < -0.4 is 16.0 Å². The van der Waals surface area contributed by atoms with Crippen LogP contribution in [-0.4, -0.2) is 31.4 Å². The largest absolute Gasteiger partial charge is 0.348 e. The van der Waals surface area contributed by atoms with Crippen molar-refractivity contribution < 1.29 is 9.59 Å². The molecule has 0 spiro atoms. The first-order chi connectivity index (χ1) is 9.65. The van der Waals surface area contributed by atoms with Crippen LogP contribution in [0.1, 0.15) is 23.7 Å². The van der Waals surface area contributed by atoms with Gasteiger partial charge >= 0.3 is 0 Å². The van der Waals surface area contributed by atoms with Crippen molar-refractivity contribution >= 4 is 29.9 Å². The zero-order valence-electron chi connectivity index (χ0n) is 11.9. The number of amides is 2. The number of carbonyl (C=O) groups is 2. The lowest BCUT2D eigenvalue weighted by atomic mass is 10.1. The van der Waals surface area contributed by atoms with Gasteiger partial charge in [-0.15, -0.1) is 12.4 Å². The lowest BCUT2D eigenvalue weighted by Crippen LogP contribution is -2.29. The fourth-order valence-corrected chi connectivity index (χ4v) is 2.03. The van der Waals surface area contributed by atoms with Gasteiger partial charge in [-0.05, 0) is 37.2 Å². The molecule has 1 heterocycles. The summed E-state index contributed by atoms with van der Waals surface area (Å²) < 4.78 is 0. The van der Waals surface area contributed by atoms with Crippen LogP contribution >= 0.6 is 12.4 Å². The summed E-state index contributed by atoms with van der Waals surface area (Å²) in [4.78, 5) is 22.9. The number of rotatable bonds is 4. The van der Waals surface area contributed by atoms with E-state index >= 15 is 0 Å². The van der Waals surface area contributed by atoms with E-state index in [1.54, 1.807) is 24.3 Å². The third kappa shape index (κ3) is 5.57. The van der Waals surface area contributed by atoms with Gasteiger partial charge < -0.3 is 16.0 Å². The molecule has 0 unspecified atom stereocenters. The number of hydrogen-bond donors (Lipinski definition) is 3. The number of anilines is 1. The van der Waals surface area contributed by atoms with E-state index in [1.165, 1.54) is 12.5 Å². The van der Waals surface area contributed by atoms with Crippen LogP contribution in [0, 0.1) is 0 Å². The Bertz CT molecular complexity index is 526. The van der Waals surface area contributed by atoms with Crippen molar-refractivity contribution in [2.24, 2.45) is 0 Å². The van der Waals surface area contributed by atoms with Gasteiger partial charge in [-0.1, -0.05) is 11.6 Å². The molecular weight excluding hydrogens is 290 g/mol. The van der Waals surface area contributed by atoms with Gasteiger partial charge in [-0.25, -0.2) is 0 Å². The Morgan fingerprint density at radius 3 is 2.52 bits per heavy atom. The molecule has 3 N–H and O–H groups in total. The monoisotopic (exact) mass is 309 g/mol. The van der Waals surface area contributed by atoms with Crippen molar-refractivity contribution in [3.05, 3.63) is 41.5 Å². The average molecular weight is 310 g/mol. The molecule has 21 heavy (non-hydrogen) atoms. The first kappa shape index (κ1) is 17.2. The maximum atomic E-state index is 12.0. The predicted molar refractivity (Wildman–Crippen MR) is 85.9 cm³/mol. The molecule has 0 fully saturated rings. The summed E-state index contributed by atoms with van der Waals surface area (Å²) in [5, 5.41) is 8.81. The molecular formula is C15H20ClN3O2. The SMILES string of the molecule is CC(=O)Nc1ccc(C(=O)NCC2=CCNCC2)cc1.Cl. The average Bonchev–Trinajstić information content (AvgIpc) is 2.46. The van der Waals surface area contributed by atoms with Gasteiger partial charge in [0, 0.05) is 31.3 Å². The minimum atomic E-state index is -0.125. The Kier molecular flexibility index (Phi) is 6.91. The topological polar surface area (TPSA) is 70.2 Å². The molecule has 6 heteroatoms. The predicted octanol–water partition coefficient (Wildman–Crippen LogP) is 1.72. The Balaban J connectivity index is 0.00000220. The van der Waals surface area contributed by atoms with E-state index in [9.17, 15) is 9.59 Å². The highest BCUT2D eigenvalue weighted by atomic mass is 35.5. The van der Waals surface area contributed by atoms with Crippen molar-refractivity contribution in [1.82, 2.24) is 10.6 Å². The van der Waals surface area contributed by atoms with Gasteiger partial charge in [0.1, 0.15) is 0 Å². The Hall–Kier alpha value is -1.85. The van der Waals surface area contributed by atoms with E-state index in [1.807, 2.05) is 0 Å². The molecule has 0 aliphatic carbocycles. The minimum absolute atomic E-state index is 0. The molecule has 2 amide bonds. The summed E-state index contributed by atoms with van der Waals surface area (Å²) in [6.07, 6.45) is 3.09. The highest BCUT2D eigenvalue weighted by Crippen LogP contribution is 2.10. The summed E-state index contributed by atoms with van der Waals surface area (Å²) in [6, 6.07) is 6.86. The summed E-state index contributed by atoms with van der Waals surface area (Å²) >= 11 is 0. The van der Waals surface area contributed by atoms with Gasteiger partial charge in [0.15, 0.2) is 0 Å². The fourth-order valence-electron chi connectivity index (χ4n) is 2.03. The van der Waals surface area contributed by atoms with E-state index in [0.717, 1.165) is 19.5 Å². The van der Waals surface area contributed by atoms with Crippen LogP contribution in [0.5, 0.6) is 0 Å². The molecule has 0 aromatic heterocycles. The van der Waals surface area contributed by atoms with E-state index in [0.29, 0.717) is 17.8 Å². The number of nitrogens with one attached hydrogen (secondary N) is 3. The van der Waals surface area contributed by atoms with Crippen LogP contribution in [0.3, 0.4) is 0 Å². The molecule has 0 saturated heterocycles. The van der Waals surface area contributed by atoms with Crippen molar-refractivity contribution in [2.75, 3.05) is 25.0 Å². The molecule has 0 saturated carbocycles. The normalized spacial score (nSPS) is 13.7. The van der Waals surface area contributed by atoms with Gasteiger partial charge in [0.05, 0.1) is 0 Å². The second-order valence-corrected chi connectivity index (χ2v) is 4.76. The third-order valence-corrected chi connectivity index (χ3v) is 3.10. The zero-order chi connectivity index (χ0) is 14.4. The van der Waals surface area contributed by atoms with Crippen molar-refractivity contribution in [3.8, 4) is 0 Å². The van der Waals surface area contributed by atoms with Crippen molar-refractivity contribution in [1.29, 1.82) is 0 Å². The van der Waals surface area contributed by atoms with Crippen molar-refractivity contribution in [2.45, 2.75) is 13.3 Å². The van der Waals surface area contributed by atoms with Gasteiger partial charge in [0.2, 0.25) is 5.91 Å². The maximum absolute atomic E-state index is 12.0. The molecule has 0 radical (unpaired) electrons. The molecule has 1 aliphatic heterocycles. The van der Waals surface area contributed by atoms with E-state index in [2.05, 4.69) is 22.0 Å². The molecule has 1 aromatic carbocycles. The third-order valence-electron chi connectivity index (χ3n) is 3.10. The number of halogens is 1. The zero-order valence-corrected chi connectivity index (χ0v) is 12.8. The van der Waals surface area contributed by atoms with E-state index in [-0.39, 0.29) is 24.2 Å². The lowest BCUT2D eigenvalue weighted by Gasteiger charge is -2.14. The maximum Gasteiger partial charge on any atom is 0.251 e. The molecule has 1 aromatic rings. The second-order valence-electron chi connectivity index (χ2n) is 4.76. The Morgan fingerprint density at radius 1 is 1.24 bits per heavy atom. The van der Waals surface area contributed by atoms with Crippen LogP contribution in [0.25, 0.3) is 0 Å². The Labute approximate surface area is 130 Å². The van der Waals surface area contributed by atoms with Crippen LogP contribution in [0.2, 0.25) is 0 Å². The second kappa shape index (κ2) is 8.44. The number of carbonyl (C=O) groups excluding carboxylic acids is 2. The van der Waals surface area contributed by atoms with E-state index < -0.39 is 0 Å². The lowest BCUT2D eigenvalue weighted by molar-refractivity contribution is -0.114. The first-order valence-corrected chi connectivity index (χ1v) is 6.69. The van der Waals surface area contributed by atoms with E-state index in [4.69, 9.17) is 0 Å². The molecule has 0 atom stereocenters. The highest BCUT2D eigenvalue weighted by Gasteiger charge is 2.08. The van der Waals surface area contributed by atoms with Gasteiger partial charge in [0.25, 0.3) is 5.91 Å². The molecule has 0 bridgehead atoms. The molecule has 2 rings (SSSR count). The van der Waals surface area contributed by atoms with Crippen LogP contribution in [0.4, 0.5) is 5.69 Å². The smallest absolute Gasteiger partial charge is 0.251 e. The molecule has 114 valence electrons. The van der Waals surface area contributed by atoms with Crippen LogP contribution in [-0.2, 0) is 4.79 Å². The van der Waals surface area contributed by atoms with Gasteiger partial charge in [-0.2, -0.15) is 0 Å². The number of hydrogen-bond acceptors (Lipinski definition) is 3. The summed E-state index contributed by atoms with van der Waals surface area (Å²) in [5.41, 5.74) is 2.54. The number of benzene rings is 1. The minimum Gasteiger partial charge on any atom is -0.348 e. The summed E-state index contributed by atoms with van der Waals surface area (Å²) in [7, 11) is 0. The van der Waals surface area contributed by atoms with Crippen molar-refractivity contribution in [3.63, 3.8) is 0 Å². The fraction of sp³-hybridized carbons (Fsp3) is 0.333. The summed E-state index contributed by atoms with van der Waals surface area (Å²) in [5.74, 6) is -0.223. The Morgan fingerprint density at radius 2 is 1.95 bits per heavy atom. The van der Waals surface area contributed by atoms with Gasteiger partial charge in [-0.3, -0.25) is 9.59 Å². The standard InChI is InChI=1S/C15H19N3O2.ClH/c1-11(19)18-14-4-2-13(3-5-14)15(20)17-10-12-6-8-16-9-7-12;/h2-6,16H,7-10H2,1H3,(H,17,20)(H,18,19);1H. The molecule has 1 aliphatic rings.